The molecule has 0 bridgehead atoms. The van der Waals surface area contributed by atoms with Gasteiger partial charge in [-0.25, -0.2) is 4.98 Å². The van der Waals surface area contributed by atoms with E-state index < -0.39 is 0 Å². The molecule has 118 valence electrons. The van der Waals surface area contributed by atoms with E-state index in [0.717, 1.165) is 44.2 Å². The molecule has 2 heterocycles. The minimum Gasteiger partial charge on any atom is -0.353 e. The van der Waals surface area contributed by atoms with Gasteiger partial charge in [0.1, 0.15) is 5.82 Å². The third-order valence-electron chi connectivity index (χ3n) is 3.92. The van der Waals surface area contributed by atoms with Gasteiger partial charge in [-0.15, -0.1) is 0 Å². The molecular formula is C16H29N5. The zero-order valence-corrected chi connectivity index (χ0v) is 14.1. The SMILES string of the molecule is CC(C)NCc1cncc(N2CCN(C(C)(C)C)CC2)n1. The number of nitrogens with zero attached hydrogens (tertiary/aromatic N) is 4. The van der Waals surface area contributed by atoms with E-state index >= 15 is 0 Å². The molecule has 1 aliphatic heterocycles. The molecule has 21 heavy (non-hydrogen) atoms. The summed E-state index contributed by atoms with van der Waals surface area (Å²) in [6.45, 7) is 16.1. The van der Waals surface area contributed by atoms with Gasteiger partial charge in [-0.1, -0.05) is 13.8 Å². The Hall–Kier alpha value is -1.20. The number of rotatable bonds is 4. The third kappa shape index (κ3) is 4.64. The van der Waals surface area contributed by atoms with Crippen LogP contribution in [-0.4, -0.2) is 52.6 Å². The number of aromatic nitrogens is 2. The second-order valence-electron chi connectivity index (χ2n) is 7.05. The number of hydrogen-bond acceptors (Lipinski definition) is 5. The molecule has 0 unspecified atom stereocenters. The van der Waals surface area contributed by atoms with Crippen LogP contribution in [0.3, 0.4) is 0 Å². The van der Waals surface area contributed by atoms with Crippen molar-refractivity contribution in [3.05, 3.63) is 18.1 Å². The van der Waals surface area contributed by atoms with Crippen molar-refractivity contribution in [1.29, 1.82) is 0 Å². The fourth-order valence-corrected chi connectivity index (χ4v) is 2.55. The Morgan fingerprint density at radius 2 is 1.81 bits per heavy atom. The summed E-state index contributed by atoms with van der Waals surface area (Å²) in [5.41, 5.74) is 1.26. The normalized spacial score (nSPS) is 17.5. The highest BCUT2D eigenvalue weighted by Crippen LogP contribution is 2.19. The van der Waals surface area contributed by atoms with Gasteiger partial charge >= 0.3 is 0 Å². The first-order valence-electron chi connectivity index (χ1n) is 7.90. The molecule has 0 spiro atoms. The standard InChI is InChI=1S/C16H29N5/c1-13(2)18-11-14-10-17-12-15(19-14)20-6-8-21(9-7-20)16(3,4)5/h10,12-13,18H,6-9,11H2,1-5H3. The van der Waals surface area contributed by atoms with E-state index in [9.17, 15) is 0 Å². The second-order valence-corrected chi connectivity index (χ2v) is 7.05. The van der Waals surface area contributed by atoms with Crippen LogP contribution in [0.1, 0.15) is 40.3 Å². The Bertz CT molecular complexity index is 444. The fraction of sp³-hybridized carbons (Fsp3) is 0.750. The Balaban J connectivity index is 1.95. The van der Waals surface area contributed by atoms with Crippen molar-refractivity contribution in [3.63, 3.8) is 0 Å². The second kappa shape index (κ2) is 6.71. The lowest BCUT2D eigenvalue weighted by Gasteiger charge is -2.42. The number of anilines is 1. The van der Waals surface area contributed by atoms with E-state index in [4.69, 9.17) is 4.98 Å². The van der Waals surface area contributed by atoms with E-state index in [1.807, 2.05) is 12.4 Å². The maximum absolute atomic E-state index is 4.74. The van der Waals surface area contributed by atoms with Gasteiger partial charge in [0.05, 0.1) is 11.9 Å². The minimum absolute atomic E-state index is 0.251. The van der Waals surface area contributed by atoms with Crippen molar-refractivity contribution in [2.24, 2.45) is 0 Å². The van der Waals surface area contributed by atoms with Gasteiger partial charge in [-0.3, -0.25) is 9.88 Å². The molecule has 1 fully saturated rings. The predicted molar refractivity (Wildman–Crippen MR) is 87.5 cm³/mol. The average molecular weight is 291 g/mol. The highest BCUT2D eigenvalue weighted by atomic mass is 15.3. The maximum atomic E-state index is 4.74. The van der Waals surface area contributed by atoms with E-state index in [1.165, 1.54) is 0 Å². The molecule has 1 aliphatic rings. The molecule has 0 saturated carbocycles. The van der Waals surface area contributed by atoms with Crippen LogP contribution in [-0.2, 0) is 6.54 Å². The van der Waals surface area contributed by atoms with Crippen molar-refractivity contribution < 1.29 is 0 Å². The monoisotopic (exact) mass is 291 g/mol. The predicted octanol–water partition coefficient (Wildman–Crippen LogP) is 1.90. The van der Waals surface area contributed by atoms with Gasteiger partial charge in [0.25, 0.3) is 0 Å². The summed E-state index contributed by atoms with van der Waals surface area (Å²) in [7, 11) is 0. The summed E-state index contributed by atoms with van der Waals surface area (Å²) in [5.74, 6) is 1.01. The van der Waals surface area contributed by atoms with Crippen molar-refractivity contribution in [3.8, 4) is 0 Å². The first-order chi connectivity index (χ1) is 9.86. The summed E-state index contributed by atoms with van der Waals surface area (Å²) in [6, 6.07) is 0.464. The minimum atomic E-state index is 0.251. The van der Waals surface area contributed by atoms with Crippen LogP contribution in [0.4, 0.5) is 5.82 Å². The van der Waals surface area contributed by atoms with Crippen molar-refractivity contribution >= 4 is 5.82 Å². The van der Waals surface area contributed by atoms with E-state index in [0.29, 0.717) is 6.04 Å². The molecule has 1 N–H and O–H groups in total. The first kappa shape index (κ1) is 16.2. The van der Waals surface area contributed by atoms with Gasteiger partial charge in [0.2, 0.25) is 0 Å². The van der Waals surface area contributed by atoms with Gasteiger partial charge < -0.3 is 10.2 Å². The van der Waals surface area contributed by atoms with Crippen LogP contribution in [0.2, 0.25) is 0 Å². The third-order valence-corrected chi connectivity index (χ3v) is 3.92. The zero-order valence-electron chi connectivity index (χ0n) is 14.1. The lowest BCUT2D eigenvalue weighted by Crippen LogP contribution is -2.53. The Kier molecular flexibility index (Phi) is 5.17. The molecule has 0 aliphatic carbocycles. The van der Waals surface area contributed by atoms with Gasteiger partial charge in [-0.05, 0) is 20.8 Å². The summed E-state index contributed by atoms with van der Waals surface area (Å²) in [5, 5.41) is 3.39. The molecule has 0 radical (unpaired) electrons. The van der Waals surface area contributed by atoms with Crippen molar-refractivity contribution in [2.75, 3.05) is 31.1 Å². The van der Waals surface area contributed by atoms with Crippen LogP contribution in [0.15, 0.2) is 12.4 Å². The van der Waals surface area contributed by atoms with Gasteiger partial charge in [-0.2, -0.15) is 0 Å². The molecule has 1 aromatic heterocycles. The average Bonchev–Trinajstić information content (AvgIpc) is 2.45. The van der Waals surface area contributed by atoms with Gasteiger partial charge in [0, 0.05) is 50.5 Å². The quantitative estimate of drug-likeness (QED) is 0.918. The topological polar surface area (TPSA) is 44.3 Å². The molecule has 5 heteroatoms. The molecule has 2 rings (SSSR count). The Labute approximate surface area is 128 Å². The van der Waals surface area contributed by atoms with Crippen LogP contribution in [0.5, 0.6) is 0 Å². The smallest absolute Gasteiger partial charge is 0.147 e. The van der Waals surface area contributed by atoms with E-state index in [-0.39, 0.29) is 5.54 Å². The highest BCUT2D eigenvalue weighted by Gasteiger charge is 2.26. The molecule has 0 aromatic carbocycles. The molecular weight excluding hydrogens is 262 g/mol. The molecule has 5 nitrogen and oxygen atoms in total. The Morgan fingerprint density at radius 3 is 2.38 bits per heavy atom. The molecule has 1 saturated heterocycles. The first-order valence-corrected chi connectivity index (χ1v) is 7.90. The van der Waals surface area contributed by atoms with E-state index in [2.05, 4.69) is 54.7 Å². The van der Waals surface area contributed by atoms with E-state index in [1.54, 1.807) is 0 Å². The number of piperazine rings is 1. The lowest BCUT2D eigenvalue weighted by atomic mass is 10.1. The summed E-state index contributed by atoms with van der Waals surface area (Å²) < 4.78 is 0. The number of hydrogen-bond donors (Lipinski definition) is 1. The zero-order chi connectivity index (χ0) is 15.5. The maximum Gasteiger partial charge on any atom is 0.147 e. The summed E-state index contributed by atoms with van der Waals surface area (Å²) >= 11 is 0. The van der Waals surface area contributed by atoms with Crippen LogP contribution < -0.4 is 10.2 Å². The highest BCUT2D eigenvalue weighted by molar-refractivity contribution is 5.37. The summed E-state index contributed by atoms with van der Waals surface area (Å²) in [6.07, 6.45) is 3.73. The lowest BCUT2D eigenvalue weighted by molar-refractivity contribution is 0.128. The van der Waals surface area contributed by atoms with Crippen LogP contribution in [0, 0.1) is 0 Å². The van der Waals surface area contributed by atoms with Crippen LogP contribution >= 0.6 is 0 Å². The fourth-order valence-electron chi connectivity index (χ4n) is 2.55. The molecule has 0 amide bonds. The van der Waals surface area contributed by atoms with Crippen molar-refractivity contribution in [1.82, 2.24) is 20.2 Å². The molecule has 0 atom stereocenters. The number of nitrogens with one attached hydrogen (secondary N) is 1. The van der Waals surface area contributed by atoms with Gasteiger partial charge in [0.15, 0.2) is 0 Å². The Morgan fingerprint density at radius 1 is 1.14 bits per heavy atom. The largest absolute Gasteiger partial charge is 0.353 e. The van der Waals surface area contributed by atoms with Crippen LogP contribution in [0.25, 0.3) is 0 Å². The summed E-state index contributed by atoms with van der Waals surface area (Å²) in [4.78, 5) is 14.0. The molecule has 1 aromatic rings. The van der Waals surface area contributed by atoms with Crippen molar-refractivity contribution in [2.45, 2.75) is 52.7 Å².